The van der Waals surface area contributed by atoms with E-state index in [0.717, 1.165) is 60.3 Å². The molecular formula is C27H32N2O2. The summed E-state index contributed by atoms with van der Waals surface area (Å²) in [6, 6.07) is 6.53. The largest absolute Gasteiger partial charge is 0.287 e. The molecule has 4 nitrogen and oxygen atoms in total. The molecule has 31 heavy (non-hydrogen) atoms. The minimum atomic E-state index is -0.257. The zero-order valence-electron chi connectivity index (χ0n) is 18.3. The van der Waals surface area contributed by atoms with Crippen molar-refractivity contribution < 1.29 is 4.92 Å². The third kappa shape index (κ3) is 2.58. The summed E-state index contributed by atoms with van der Waals surface area (Å²) in [4.78, 5) is 11.9. The second-order valence-electron chi connectivity index (χ2n) is 12.7. The molecule has 8 saturated carbocycles. The highest BCUT2D eigenvalue weighted by molar-refractivity contribution is 5.60. The molecule has 1 aromatic carbocycles. The van der Waals surface area contributed by atoms with Gasteiger partial charge in [-0.3, -0.25) is 10.1 Å². The lowest BCUT2D eigenvalue weighted by Crippen LogP contribution is -2.50. The molecule has 0 N–H and O–H groups in total. The molecule has 0 atom stereocenters. The van der Waals surface area contributed by atoms with Crippen molar-refractivity contribution in [1.29, 1.82) is 5.26 Å². The first-order chi connectivity index (χ1) is 15.0. The Kier molecular flexibility index (Phi) is 3.68. The van der Waals surface area contributed by atoms with Crippen LogP contribution in [0.2, 0.25) is 0 Å². The van der Waals surface area contributed by atoms with Crippen LogP contribution in [-0.4, -0.2) is 4.92 Å². The van der Waals surface area contributed by atoms with Crippen molar-refractivity contribution in [3.05, 3.63) is 38.9 Å². The van der Waals surface area contributed by atoms with E-state index in [1.165, 1.54) is 63.4 Å². The molecule has 0 saturated heterocycles. The minimum absolute atomic E-state index is 0.0167. The van der Waals surface area contributed by atoms with Crippen LogP contribution in [0.25, 0.3) is 0 Å². The number of hydrogen-bond donors (Lipinski definition) is 0. The van der Waals surface area contributed by atoms with E-state index in [9.17, 15) is 15.4 Å². The maximum atomic E-state index is 12.2. The van der Waals surface area contributed by atoms with Gasteiger partial charge in [0, 0.05) is 6.07 Å². The third-order valence-electron chi connectivity index (χ3n) is 10.7. The Balaban J connectivity index is 1.41. The summed E-state index contributed by atoms with van der Waals surface area (Å²) in [5, 5.41) is 22.3. The van der Waals surface area contributed by atoms with Gasteiger partial charge in [0.25, 0.3) is 5.69 Å². The summed E-state index contributed by atoms with van der Waals surface area (Å²) in [6.07, 6.45) is 15.2. The predicted molar refractivity (Wildman–Crippen MR) is 118 cm³/mol. The predicted octanol–water partition coefficient (Wildman–Crippen LogP) is 6.40. The molecule has 4 heteroatoms. The molecule has 8 bridgehead atoms. The van der Waals surface area contributed by atoms with Crippen molar-refractivity contribution >= 4 is 5.69 Å². The fourth-order valence-corrected chi connectivity index (χ4v) is 10.5. The van der Waals surface area contributed by atoms with E-state index in [0.29, 0.717) is 5.56 Å². The Morgan fingerprint density at radius 3 is 1.58 bits per heavy atom. The van der Waals surface area contributed by atoms with Crippen LogP contribution < -0.4 is 0 Å². The van der Waals surface area contributed by atoms with Gasteiger partial charge in [-0.15, -0.1) is 0 Å². The van der Waals surface area contributed by atoms with Crippen LogP contribution in [0.1, 0.15) is 93.7 Å². The number of nitriles is 1. The maximum absolute atomic E-state index is 12.2. The first-order valence-electron chi connectivity index (χ1n) is 12.7. The third-order valence-corrected chi connectivity index (χ3v) is 10.7. The normalized spacial score (nSPS) is 46.3. The molecule has 0 aliphatic heterocycles. The number of rotatable bonds is 3. The Labute approximate surface area is 184 Å². The molecule has 8 aliphatic carbocycles. The van der Waals surface area contributed by atoms with Crippen LogP contribution in [0.15, 0.2) is 12.1 Å². The summed E-state index contributed by atoms with van der Waals surface area (Å²) in [5.74, 6) is 4.72. The van der Waals surface area contributed by atoms with Crippen LogP contribution in [0.3, 0.4) is 0 Å². The standard InChI is InChI=1S/C27H32N2O2/c28-15-23-24(27-12-19-4-20(13-27)6-21(5-19)14-27)7-22(8-25(23)29(30)31)26-9-16-1-17(10-26)3-18(2-16)11-26/h7-8,16-21H,1-6,9-14H2. The van der Waals surface area contributed by atoms with Gasteiger partial charge in [0.05, 0.1) is 4.92 Å². The van der Waals surface area contributed by atoms with E-state index < -0.39 is 0 Å². The molecule has 0 amide bonds. The number of benzene rings is 1. The first-order valence-corrected chi connectivity index (χ1v) is 12.7. The van der Waals surface area contributed by atoms with Crippen molar-refractivity contribution in [2.75, 3.05) is 0 Å². The molecule has 8 fully saturated rings. The highest BCUT2D eigenvalue weighted by Gasteiger charge is 2.55. The maximum Gasteiger partial charge on any atom is 0.287 e. The van der Waals surface area contributed by atoms with Crippen molar-refractivity contribution in [3.8, 4) is 6.07 Å². The molecule has 0 heterocycles. The van der Waals surface area contributed by atoms with Gasteiger partial charge in [0.1, 0.15) is 11.6 Å². The van der Waals surface area contributed by atoms with Gasteiger partial charge < -0.3 is 0 Å². The number of nitro benzene ring substituents is 1. The lowest BCUT2D eigenvalue weighted by Gasteiger charge is -2.58. The van der Waals surface area contributed by atoms with E-state index in [1.807, 2.05) is 6.07 Å². The van der Waals surface area contributed by atoms with Crippen molar-refractivity contribution in [3.63, 3.8) is 0 Å². The number of nitro groups is 1. The molecule has 1 aromatic rings. The number of hydrogen-bond acceptors (Lipinski definition) is 3. The smallest absolute Gasteiger partial charge is 0.258 e. The average molecular weight is 417 g/mol. The summed E-state index contributed by atoms with van der Waals surface area (Å²) >= 11 is 0. The molecule has 162 valence electrons. The monoisotopic (exact) mass is 416 g/mol. The van der Waals surface area contributed by atoms with Crippen LogP contribution in [0.4, 0.5) is 5.69 Å². The second-order valence-corrected chi connectivity index (χ2v) is 12.7. The van der Waals surface area contributed by atoms with E-state index in [4.69, 9.17) is 0 Å². The molecule has 0 aromatic heterocycles. The fourth-order valence-electron chi connectivity index (χ4n) is 10.5. The van der Waals surface area contributed by atoms with Crippen LogP contribution >= 0.6 is 0 Å². The SMILES string of the molecule is N#Cc1c([N+](=O)[O-])cc(C23CC4CC(CC(C4)C2)C3)cc1C12CC3CC(CC(C3)C1)C2. The van der Waals surface area contributed by atoms with Crippen LogP contribution in [0.5, 0.6) is 0 Å². The Hall–Kier alpha value is -1.89. The van der Waals surface area contributed by atoms with E-state index >= 15 is 0 Å². The van der Waals surface area contributed by atoms with E-state index in [-0.39, 0.29) is 21.4 Å². The van der Waals surface area contributed by atoms with Crippen LogP contribution in [-0.2, 0) is 10.8 Å². The summed E-state index contributed by atoms with van der Waals surface area (Å²) in [6.45, 7) is 0. The zero-order valence-corrected chi connectivity index (χ0v) is 18.3. The van der Waals surface area contributed by atoms with Gasteiger partial charge in [-0.1, -0.05) is 6.07 Å². The minimum Gasteiger partial charge on any atom is -0.258 e. The summed E-state index contributed by atoms with van der Waals surface area (Å²) in [5.41, 5.74) is 2.94. The fraction of sp³-hybridized carbons (Fsp3) is 0.741. The van der Waals surface area contributed by atoms with Crippen molar-refractivity contribution in [2.24, 2.45) is 35.5 Å². The van der Waals surface area contributed by atoms with Gasteiger partial charge in [-0.25, -0.2) is 0 Å². The molecule has 0 spiro atoms. The highest BCUT2D eigenvalue weighted by Crippen LogP contribution is 2.64. The molecular weight excluding hydrogens is 384 g/mol. The van der Waals surface area contributed by atoms with Crippen molar-refractivity contribution in [1.82, 2.24) is 0 Å². The first kappa shape index (κ1) is 18.7. The van der Waals surface area contributed by atoms with Gasteiger partial charge in [-0.2, -0.15) is 5.26 Å². The molecule has 0 radical (unpaired) electrons. The summed E-state index contributed by atoms with van der Waals surface area (Å²) < 4.78 is 0. The Morgan fingerprint density at radius 1 is 0.774 bits per heavy atom. The van der Waals surface area contributed by atoms with Gasteiger partial charge in [-0.05, 0) is 135 Å². The highest BCUT2D eigenvalue weighted by atomic mass is 16.6. The molecule has 8 aliphatic rings. The van der Waals surface area contributed by atoms with Crippen LogP contribution in [0, 0.1) is 57.0 Å². The molecule has 0 unspecified atom stereocenters. The van der Waals surface area contributed by atoms with Crippen molar-refractivity contribution in [2.45, 2.75) is 87.9 Å². The topological polar surface area (TPSA) is 66.9 Å². The van der Waals surface area contributed by atoms with E-state index in [2.05, 4.69) is 12.1 Å². The van der Waals surface area contributed by atoms with Gasteiger partial charge in [0.2, 0.25) is 0 Å². The lowest BCUT2D eigenvalue weighted by molar-refractivity contribution is -0.385. The zero-order chi connectivity index (χ0) is 21.0. The Morgan fingerprint density at radius 2 is 1.19 bits per heavy atom. The molecule has 9 rings (SSSR count). The van der Waals surface area contributed by atoms with Gasteiger partial charge >= 0.3 is 0 Å². The summed E-state index contributed by atoms with van der Waals surface area (Å²) in [7, 11) is 0. The number of nitrogens with zero attached hydrogens (tertiary/aromatic N) is 2. The lowest BCUT2D eigenvalue weighted by atomic mass is 9.46. The Bertz CT molecular complexity index is 948. The van der Waals surface area contributed by atoms with E-state index in [1.54, 1.807) is 0 Å². The second kappa shape index (κ2) is 6.12. The average Bonchev–Trinajstić information content (AvgIpc) is 2.70. The quantitative estimate of drug-likeness (QED) is 0.423. The van der Waals surface area contributed by atoms with Gasteiger partial charge in [0.15, 0.2) is 0 Å².